The van der Waals surface area contributed by atoms with Gasteiger partial charge in [-0.15, -0.1) is 5.10 Å². The zero-order valence-electron chi connectivity index (χ0n) is 25.2. The summed E-state index contributed by atoms with van der Waals surface area (Å²) in [6.45, 7) is 9.90. The summed E-state index contributed by atoms with van der Waals surface area (Å²) in [6.07, 6.45) is 7.32. The maximum Gasteiger partial charge on any atom is 0.327 e. The van der Waals surface area contributed by atoms with E-state index in [1.54, 1.807) is 38.6 Å². The van der Waals surface area contributed by atoms with Crippen LogP contribution in [0.15, 0.2) is 42.6 Å². The number of hydrogen-bond acceptors (Lipinski definition) is 7. The molecule has 2 aromatic carbocycles. The Hall–Kier alpha value is -3.55. The number of carbonyl (C=O) groups excluding carboxylic acids is 1. The van der Waals surface area contributed by atoms with Crippen molar-refractivity contribution in [2.75, 3.05) is 20.8 Å². The molecule has 0 radical (unpaired) electrons. The summed E-state index contributed by atoms with van der Waals surface area (Å²) in [5.74, 6) is 2.57. The molecule has 0 spiro atoms. The first-order valence-electron chi connectivity index (χ1n) is 14.7. The Morgan fingerprint density at radius 2 is 1.78 bits per heavy atom. The normalized spacial score (nSPS) is 23.4. The Morgan fingerprint density at radius 3 is 2.49 bits per heavy atom. The number of aryl methyl sites for hydroxylation is 1. The van der Waals surface area contributed by atoms with Crippen LogP contribution >= 0.6 is 0 Å². The van der Waals surface area contributed by atoms with Crippen LogP contribution in [0.3, 0.4) is 0 Å². The second-order valence-electron chi connectivity index (χ2n) is 12.5. The third kappa shape index (κ3) is 6.07. The molecule has 0 aliphatic heterocycles. The lowest BCUT2D eigenvalue weighted by atomic mass is 9.50. The van der Waals surface area contributed by atoms with Crippen LogP contribution in [0, 0.1) is 11.3 Å². The van der Waals surface area contributed by atoms with Crippen LogP contribution in [0.25, 0.3) is 0 Å². The predicted octanol–water partition coefficient (Wildman–Crippen LogP) is 6.25. The molecule has 0 unspecified atom stereocenters. The van der Waals surface area contributed by atoms with Crippen LogP contribution in [0.2, 0.25) is 0 Å². The first-order chi connectivity index (χ1) is 19.6. The van der Waals surface area contributed by atoms with E-state index >= 15 is 0 Å². The number of aromatic nitrogens is 3. The average molecular weight is 562 g/mol. The molecule has 3 aromatic rings. The maximum atomic E-state index is 12.9. The number of methoxy groups -OCH3 is 2. The summed E-state index contributed by atoms with van der Waals surface area (Å²) in [7, 11) is 3.18. The quantitative estimate of drug-likeness (QED) is 0.271. The molecule has 3 atom stereocenters. The molecule has 0 amide bonds. The third-order valence-electron chi connectivity index (χ3n) is 9.32. The van der Waals surface area contributed by atoms with E-state index in [9.17, 15) is 4.79 Å². The molecule has 1 aromatic heterocycles. The van der Waals surface area contributed by atoms with Crippen LogP contribution in [0.4, 0.5) is 0 Å². The van der Waals surface area contributed by atoms with E-state index in [2.05, 4.69) is 56.2 Å². The van der Waals surface area contributed by atoms with Crippen molar-refractivity contribution in [1.29, 1.82) is 0 Å². The molecule has 1 heterocycles. The Kier molecular flexibility index (Phi) is 8.30. The summed E-state index contributed by atoms with van der Waals surface area (Å²) >= 11 is 0. The molecule has 8 heteroatoms. The smallest absolute Gasteiger partial charge is 0.327 e. The molecule has 0 bridgehead atoms. The van der Waals surface area contributed by atoms with Crippen LogP contribution in [-0.4, -0.2) is 41.8 Å². The van der Waals surface area contributed by atoms with E-state index < -0.39 is 0 Å². The summed E-state index contributed by atoms with van der Waals surface area (Å²) in [5.41, 5.74) is 5.08. The van der Waals surface area contributed by atoms with Crippen molar-refractivity contribution in [3.05, 3.63) is 65.0 Å². The fourth-order valence-corrected chi connectivity index (χ4v) is 7.10. The third-order valence-corrected chi connectivity index (χ3v) is 9.32. The van der Waals surface area contributed by atoms with Crippen molar-refractivity contribution < 1.29 is 23.7 Å². The van der Waals surface area contributed by atoms with Crippen molar-refractivity contribution in [3.63, 3.8) is 0 Å². The Bertz CT molecular complexity index is 1360. The second-order valence-corrected chi connectivity index (χ2v) is 12.5. The Morgan fingerprint density at radius 1 is 1.05 bits per heavy atom. The van der Waals surface area contributed by atoms with Gasteiger partial charge >= 0.3 is 5.97 Å². The van der Waals surface area contributed by atoms with Gasteiger partial charge in [-0.25, -0.2) is 4.68 Å². The molecule has 1 fully saturated rings. The van der Waals surface area contributed by atoms with Crippen LogP contribution in [0.5, 0.6) is 17.2 Å². The van der Waals surface area contributed by atoms with Crippen molar-refractivity contribution in [3.8, 4) is 17.2 Å². The number of esters is 1. The minimum Gasteiger partial charge on any atom is -0.496 e. The summed E-state index contributed by atoms with van der Waals surface area (Å²) < 4.78 is 23.9. The molecule has 220 valence electrons. The topological polar surface area (TPSA) is 84.7 Å². The van der Waals surface area contributed by atoms with Gasteiger partial charge in [-0.2, -0.15) is 0 Å². The Labute approximate surface area is 243 Å². The lowest BCUT2D eigenvalue weighted by Gasteiger charge is -2.55. The highest BCUT2D eigenvalue weighted by Crippen LogP contribution is 2.57. The molecule has 41 heavy (non-hydrogen) atoms. The molecular formula is C33H43N3O5. The summed E-state index contributed by atoms with van der Waals surface area (Å²) in [6, 6.07) is 12.4. The largest absolute Gasteiger partial charge is 0.496 e. The van der Waals surface area contributed by atoms with Gasteiger partial charge < -0.3 is 18.9 Å². The first-order valence-corrected chi connectivity index (χ1v) is 14.7. The minimum atomic E-state index is -0.300. The monoisotopic (exact) mass is 561 g/mol. The lowest BCUT2D eigenvalue weighted by molar-refractivity contribution is -0.152. The van der Waals surface area contributed by atoms with Gasteiger partial charge in [-0.3, -0.25) is 4.79 Å². The average Bonchev–Trinajstić information content (AvgIpc) is 3.41. The highest BCUT2D eigenvalue weighted by Gasteiger charge is 2.52. The molecule has 2 aliphatic carbocycles. The van der Waals surface area contributed by atoms with E-state index in [4.69, 9.17) is 18.9 Å². The molecule has 0 N–H and O–H groups in total. The molecule has 0 saturated heterocycles. The van der Waals surface area contributed by atoms with Crippen molar-refractivity contribution in [1.82, 2.24) is 15.0 Å². The standard InChI is InChI=1S/C33H43N3O5/c1-22(2)23-8-10-29-24(14-23)9-11-30-32(3,12-7-13-33(29,30)4)21-41-31(37)19-36-18-25(34-35-36)20-40-28-16-26(38-5)15-27(17-28)39-6/h8,10,14-18,22,30H,7,9,11-13,19-21H2,1-6H3/t30-,32-,33+/m0/s1. The van der Waals surface area contributed by atoms with Crippen LogP contribution in [0.1, 0.15) is 81.7 Å². The first kappa shape index (κ1) is 29.0. The van der Waals surface area contributed by atoms with Gasteiger partial charge in [0.05, 0.1) is 27.0 Å². The fourth-order valence-electron chi connectivity index (χ4n) is 7.10. The highest BCUT2D eigenvalue weighted by molar-refractivity contribution is 5.69. The van der Waals surface area contributed by atoms with Gasteiger partial charge in [0.1, 0.15) is 36.1 Å². The van der Waals surface area contributed by atoms with Gasteiger partial charge in [-0.1, -0.05) is 57.5 Å². The zero-order valence-corrected chi connectivity index (χ0v) is 25.2. The van der Waals surface area contributed by atoms with E-state index in [0.717, 1.165) is 25.7 Å². The van der Waals surface area contributed by atoms with Gasteiger partial charge in [0, 0.05) is 23.6 Å². The lowest BCUT2D eigenvalue weighted by Crippen LogP contribution is -2.51. The fraction of sp³-hybridized carbons (Fsp3) is 0.545. The van der Waals surface area contributed by atoms with Crippen LogP contribution in [-0.2, 0) is 34.5 Å². The van der Waals surface area contributed by atoms with Crippen molar-refractivity contribution in [2.24, 2.45) is 11.3 Å². The number of carbonyl (C=O) groups is 1. The van der Waals surface area contributed by atoms with Gasteiger partial charge in [-0.05, 0) is 59.6 Å². The highest BCUT2D eigenvalue weighted by atomic mass is 16.5. The van der Waals surface area contributed by atoms with E-state index in [0.29, 0.717) is 41.4 Å². The number of nitrogens with zero attached hydrogens (tertiary/aromatic N) is 3. The Balaban J connectivity index is 1.18. The van der Waals surface area contributed by atoms with Gasteiger partial charge in [0.15, 0.2) is 0 Å². The van der Waals surface area contributed by atoms with Crippen LogP contribution < -0.4 is 14.2 Å². The SMILES string of the molecule is COc1cc(OC)cc(OCc2cn(CC(=O)OC[C@]3(C)CCC[C@]4(C)c5ccc(C(C)C)cc5CC[C@@H]34)nn2)c1. The van der Waals surface area contributed by atoms with E-state index in [-0.39, 0.29) is 30.0 Å². The van der Waals surface area contributed by atoms with E-state index in [1.807, 2.05) is 0 Å². The molecule has 1 saturated carbocycles. The molecule has 2 aliphatic rings. The van der Waals surface area contributed by atoms with Gasteiger partial charge in [0.25, 0.3) is 0 Å². The van der Waals surface area contributed by atoms with Gasteiger partial charge in [0.2, 0.25) is 0 Å². The number of hydrogen-bond donors (Lipinski definition) is 0. The number of fused-ring (bicyclic) bond motifs is 3. The molecule has 8 nitrogen and oxygen atoms in total. The summed E-state index contributed by atoms with van der Waals surface area (Å²) in [5, 5.41) is 8.26. The molecular weight excluding hydrogens is 518 g/mol. The van der Waals surface area contributed by atoms with E-state index in [1.165, 1.54) is 27.8 Å². The number of ether oxygens (including phenoxy) is 4. The van der Waals surface area contributed by atoms with Crippen molar-refractivity contribution >= 4 is 5.97 Å². The van der Waals surface area contributed by atoms with Crippen molar-refractivity contribution in [2.45, 2.75) is 84.3 Å². The molecule has 5 rings (SSSR count). The summed E-state index contributed by atoms with van der Waals surface area (Å²) in [4.78, 5) is 12.9. The maximum absolute atomic E-state index is 12.9. The number of rotatable bonds is 10. The second kappa shape index (κ2) is 11.7. The number of benzene rings is 2. The predicted molar refractivity (Wildman–Crippen MR) is 157 cm³/mol. The zero-order chi connectivity index (χ0) is 29.2. The minimum absolute atomic E-state index is 0.0127.